The van der Waals surface area contributed by atoms with Gasteiger partial charge in [-0.15, -0.1) is 0 Å². The molecular formula is C11H12N4O3. The van der Waals surface area contributed by atoms with Gasteiger partial charge < -0.3 is 14.8 Å². The molecule has 0 bridgehead atoms. The smallest absolute Gasteiger partial charge is 0.267 e. The summed E-state index contributed by atoms with van der Waals surface area (Å²) < 4.78 is 4.80. The summed E-state index contributed by atoms with van der Waals surface area (Å²) in [7, 11) is 0. The zero-order chi connectivity index (χ0) is 13.0. The van der Waals surface area contributed by atoms with Crippen LogP contribution >= 0.6 is 0 Å². The molecule has 2 aromatic heterocycles. The number of pyridine rings is 1. The van der Waals surface area contributed by atoms with Gasteiger partial charge in [-0.1, -0.05) is 11.2 Å². The third kappa shape index (κ3) is 3.03. The molecule has 0 saturated heterocycles. The fraction of sp³-hybridized carbons (Fsp3) is 0.273. The average molecular weight is 248 g/mol. The van der Waals surface area contributed by atoms with Gasteiger partial charge in [-0.25, -0.2) is 0 Å². The molecule has 7 heteroatoms. The van der Waals surface area contributed by atoms with Crippen LogP contribution in [0.2, 0.25) is 0 Å². The number of rotatable bonds is 4. The Morgan fingerprint density at radius 3 is 3.00 bits per heavy atom. The van der Waals surface area contributed by atoms with Gasteiger partial charge in [0, 0.05) is 26.0 Å². The summed E-state index contributed by atoms with van der Waals surface area (Å²) in [6.45, 7) is 2.07. The van der Waals surface area contributed by atoms with Gasteiger partial charge in [0.1, 0.15) is 5.69 Å². The number of nitrogens with one attached hydrogen (secondary N) is 2. The van der Waals surface area contributed by atoms with Crippen molar-refractivity contribution in [2.24, 2.45) is 0 Å². The van der Waals surface area contributed by atoms with E-state index >= 15 is 0 Å². The van der Waals surface area contributed by atoms with Crippen molar-refractivity contribution in [2.45, 2.75) is 13.3 Å². The Morgan fingerprint density at radius 2 is 2.33 bits per heavy atom. The van der Waals surface area contributed by atoms with Crippen molar-refractivity contribution in [1.29, 1.82) is 0 Å². The fourth-order valence-corrected chi connectivity index (χ4v) is 1.41. The minimum Gasteiger partial charge on any atom is -0.350 e. The molecule has 0 aromatic carbocycles. The van der Waals surface area contributed by atoms with Crippen LogP contribution in [0.25, 0.3) is 0 Å². The molecule has 0 unspecified atom stereocenters. The molecule has 2 heterocycles. The van der Waals surface area contributed by atoms with Crippen LogP contribution in [0, 0.1) is 6.92 Å². The molecule has 2 N–H and O–H groups in total. The molecule has 0 saturated carbocycles. The van der Waals surface area contributed by atoms with Crippen molar-refractivity contribution in [3.63, 3.8) is 0 Å². The minimum absolute atomic E-state index is 0.229. The van der Waals surface area contributed by atoms with Crippen LogP contribution in [0.4, 0.5) is 0 Å². The summed E-state index contributed by atoms with van der Waals surface area (Å²) in [5.74, 6) is 0.686. The molecule has 0 spiro atoms. The molecular weight excluding hydrogens is 236 g/mol. The zero-order valence-corrected chi connectivity index (χ0v) is 9.77. The maximum absolute atomic E-state index is 11.6. The number of aromatic nitrogens is 3. The van der Waals surface area contributed by atoms with Gasteiger partial charge in [-0.2, -0.15) is 4.98 Å². The zero-order valence-electron chi connectivity index (χ0n) is 9.77. The predicted octanol–water partition coefficient (Wildman–Crippen LogP) is 0.0388. The highest BCUT2D eigenvalue weighted by atomic mass is 16.5. The number of H-pyrrole nitrogens is 1. The molecule has 0 fully saturated rings. The van der Waals surface area contributed by atoms with Crippen LogP contribution < -0.4 is 10.9 Å². The first-order chi connectivity index (χ1) is 8.65. The number of carbonyl (C=O) groups excluding carboxylic acids is 1. The van der Waals surface area contributed by atoms with Crippen LogP contribution in [-0.2, 0) is 6.42 Å². The van der Waals surface area contributed by atoms with Crippen LogP contribution in [-0.4, -0.2) is 27.6 Å². The summed E-state index contributed by atoms with van der Waals surface area (Å²) in [5, 5.41) is 6.36. The normalized spacial score (nSPS) is 10.3. The highest BCUT2D eigenvalue weighted by Crippen LogP contribution is 1.95. The SMILES string of the molecule is Cc1nc(CCNC(=O)c2cccc(=O)[nH]2)no1. The van der Waals surface area contributed by atoms with E-state index in [1.54, 1.807) is 6.92 Å². The van der Waals surface area contributed by atoms with Gasteiger partial charge in [-0.3, -0.25) is 9.59 Å². The van der Waals surface area contributed by atoms with Crippen molar-refractivity contribution in [1.82, 2.24) is 20.4 Å². The third-order valence-electron chi connectivity index (χ3n) is 2.22. The maximum atomic E-state index is 11.6. The fourth-order valence-electron chi connectivity index (χ4n) is 1.41. The molecule has 0 atom stereocenters. The lowest BCUT2D eigenvalue weighted by Crippen LogP contribution is -2.28. The van der Waals surface area contributed by atoms with Crippen LogP contribution in [0.5, 0.6) is 0 Å². The average Bonchev–Trinajstić information content (AvgIpc) is 2.75. The number of nitrogens with zero attached hydrogens (tertiary/aromatic N) is 2. The number of aromatic amines is 1. The molecule has 2 aromatic rings. The number of hydrogen-bond acceptors (Lipinski definition) is 5. The molecule has 1 amide bonds. The Balaban J connectivity index is 1.87. The van der Waals surface area contributed by atoms with Crippen molar-refractivity contribution < 1.29 is 9.32 Å². The van der Waals surface area contributed by atoms with E-state index < -0.39 is 0 Å². The molecule has 2 rings (SSSR count). The second kappa shape index (κ2) is 5.26. The topological polar surface area (TPSA) is 101 Å². The van der Waals surface area contributed by atoms with Crippen molar-refractivity contribution in [3.8, 4) is 0 Å². The third-order valence-corrected chi connectivity index (χ3v) is 2.22. The molecule has 94 valence electrons. The Labute approximate surface area is 102 Å². The number of carbonyl (C=O) groups is 1. The number of hydrogen-bond donors (Lipinski definition) is 2. The van der Waals surface area contributed by atoms with Gasteiger partial charge >= 0.3 is 0 Å². The first kappa shape index (κ1) is 12.0. The number of aryl methyl sites for hydroxylation is 1. The lowest BCUT2D eigenvalue weighted by Gasteiger charge is -2.02. The van der Waals surface area contributed by atoms with E-state index in [0.717, 1.165) is 0 Å². The molecule has 7 nitrogen and oxygen atoms in total. The second-order valence-electron chi connectivity index (χ2n) is 3.66. The second-order valence-corrected chi connectivity index (χ2v) is 3.66. The lowest BCUT2D eigenvalue weighted by molar-refractivity contribution is 0.0948. The monoisotopic (exact) mass is 248 g/mol. The summed E-state index contributed by atoms with van der Waals surface area (Å²) in [6, 6.07) is 4.41. The standard InChI is InChI=1S/C11H12N4O3/c1-7-13-9(15-18-7)5-6-12-11(17)8-3-2-4-10(16)14-8/h2-4H,5-6H2,1H3,(H,12,17)(H,14,16). The van der Waals surface area contributed by atoms with E-state index in [4.69, 9.17) is 4.52 Å². The maximum Gasteiger partial charge on any atom is 0.267 e. The van der Waals surface area contributed by atoms with Gasteiger partial charge in [0.2, 0.25) is 11.4 Å². The lowest BCUT2D eigenvalue weighted by atomic mass is 10.3. The highest BCUT2D eigenvalue weighted by molar-refractivity contribution is 5.92. The highest BCUT2D eigenvalue weighted by Gasteiger charge is 2.07. The summed E-state index contributed by atoms with van der Waals surface area (Å²) >= 11 is 0. The molecule has 0 aliphatic heterocycles. The van der Waals surface area contributed by atoms with E-state index in [9.17, 15) is 9.59 Å². The van der Waals surface area contributed by atoms with Crippen LogP contribution in [0.15, 0.2) is 27.5 Å². The summed E-state index contributed by atoms with van der Waals surface area (Å²) in [4.78, 5) is 29.1. The van der Waals surface area contributed by atoms with Crippen molar-refractivity contribution >= 4 is 5.91 Å². The Morgan fingerprint density at radius 1 is 1.50 bits per heavy atom. The van der Waals surface area contributed by atoms with E-state index in [0.29, 0.717) is 24.7 Å². The molecule has 18 heavy (non-hydrogen) atoms. The Kier molecular flexibility index (Phi) is 3.52. The molecule has 0 radical (unpaired) electrons. The first-order valence-corrected chi connectivity index (χ1v) is 5.42. The first-order valence-electron chi connectivity index (χ1n) is 5.42. The summed E-state index contributed by atoms with van der Waals surface area (Å²) in [5.41, 5.74) is -0.0803. The Hall–Kier alpha value is -2.44. The van der Waals surface area contributed by atoms with Crippen molar-refractivity contribution in [3.05, 3.63) is 46.0 Å². The predicted molar refractivity (Wildman–Crippen MR) is 62.1 cm³/mol. The minimum atomic E-state index is -0.340. The number of amides is 1. The van der Waals surface area contributed by atoms with Gasteiger partial charge in [0.25, 0.3) is 5.91 Å². The van der Waals surface area contributed by atoms with Gasteiger partial charge in [0.05, 0.1) is 0 Å². The van der Waals surface area contributed by atoms with E-state index in [1.165, 1.54) is 18.2 Å². The van der Waals surface area contributed by atoms with E-state index in [1.807, 2.05) is 0 Å². The van der Waals surface area contributed by atoms with Crippen LogP contribution in [0.1, 0.15) is 22.2 Å². The van der Waals surface area contributed by atoms with Gasteiger partial charge in [-0.05, 0) is 6.07 Å². The van der Waals surface area contributed by atoms with Crippen LogP contribution in [0.3, 0.4) is 0 Å². The van der Waals surface area contributed by atoms with E-state index in [2.05, 4.69) is 20.4 Å². The van der Waals surface area contributed by atoms with Gasteiger partial charge in [0.15, 0.2) is 5.82 Å². The summed E-state index contributed by atoms with van der Waals surface area (Å²) in [6.07, 6.45) is 0.472. The van der Waals surface area contributed by atoms with Crippen molar-refractivity contribution in [2.75, 3.05) is 6.54 Å². The Bertz CT molecular complexity index is 602. The quantitative estimate of drug-likeness (QED) is 0.795. The molecule has 0 aliphatic rings. The largest absolute Gasteiger partial charge is 0.350 e. The molecule has 0 aliphatic carbocycles. The van der Waals surface area contributed by atoms with E-state index in [-0.39, 0.29) is 17.2 Å².